The molecule has 0 aromatic heterocycles. The summed E-state index contributed by atoms with van der Waals surface area (Å²) in [7, 11) is 0. The standard InChI is InChI=1S/C56H108O6/c1-5-7-9-11-13-15-17-19-20-24-28-32-36-40-44-48-55(58)61-51-53(50-60-54(57)47-43-39-35-31-27-18-16-14-12-10-8-6-2)62-56(59)49-45-41-37-33-29-25-22-21-23-26-30-34-38-42-46-52(3)4/h52-53H,5-51H2,1-4H3/t53-/m0/s1. The van der Waals surface area contributed by atoms with E-state index in [0.717, 1.165) is 63.7 Å². The number of hydrogen-bond acceptors (Lipinski definition) is 6. The summed E-state index contributed by atoms with van der Waals surface area (Å²) in [5.41, 5.74) is 0. The van der Waals surface area contributed by atoms with Crippen molar-refractivity contribution in [2.24, 2.45) is 5.92 Å². The third-order valence-corrected chi connectivity index (χ3v) is 12.8. The lowest BCUT2D eigenvalue weighted by molar-refractivity contribution is -0.167. The number of hydrogen-bond donors (Lipinski definition) is 0. The number of carbonyl (C=O) groups excluding carboxylic acids is 3. The molecule has 0 bridgehead atoms. The summed E-state index contributed by atoms with van der Waals surface area (Å²) in [5.74, 6) is 0.00555. The molecule has 0 aliphatic rings. The monoisotopic (exact) mass is 877 g/mol. The SMILES string of the molecule is CCCCCCCCCCCCCCCCCC(=O)OC[C@H](COC(=O)CCCCCCCCCCCCCC)OC(=O)CCCCCCCCCCCCCCCCC(C)C. The Morgan fingerprint density at radius 2 is 0.532 bits per heavy atom. The molecule has 0 saturated carbocycles. The van der Waals surface area contributed by atoms with Crippen molar-refractivity contribution >= 4 is 17.9 Å². The van der Waals surface area contributed by atoms with Crippen molar-refractivity contribution in [1.29, 1.82) is 0 Å². The van der Waals surface area contributed by atoms with Gasteiger partial charge < -0.3 is 14.2 Å². The van der Waals surface area contributed by atoms with Gasteiger partial charge in [0.25, 0.3) is 0 Å². The molecule has 6 heteroatoms. The summed E-state index contributed by atoms with van der Waals surface area (Å²) >= 11 is 0. The largest absolute Gasteiger partial charge is 0.462 e. The zero-order valence-corrected chi connectivity index (χ0v) is 42.3. The second-order valence-corrected chi connectivity index (χ2v) is 19.7. The van der Waals surface area contributed by atoms with Crippen molar-refractivity contribution in [3.05, 3.63) is 0 Å². The summed E-state index contributed by atoms with van der Waals surface area (Å²) in [6.45, 7) is 9.05. The minimum absolute atomic E-state index is 0.0620. The summed E-state index contributed by atoms with van der Waals surface area (Å²) < 4.78 is 16.9. The van der Waals surface area contributed by atoms with Gasteiger partial charge in [0, 0.05) is 19.3 Å². The van der Waals surface area contributed by atoms with E-state index >= 15 is 0 Å². The number of rotatable bonds is 51. The highest BCUT2D eigenvalue weighted by Gasteiger charge is 2.19. The van der Waals surface area contributed by atoms with Crippen LogP contribution in [0.4, 0.5) is 0 Å². The van der Waals surface area contributed by atoms with E-state index in [1.165, 1.54) is 212 Å². The molecule has 368 valence electrons. The van der Waals surface area contributed by atoms with Crippen LogP contribution in [0.5, 0.6) is 0 Å². The summed E-state index contributed by atoms with van der Waals surface area (Å²) in [5, 5.41) is 0. The highest BCUT2D eigenvalue weighted by molar-refractivity contribution is 5.71. The first-order valence-corrected chi connectivity index (χ1v) is 27.9. The zero-order valence-electron chi connectivity index (χ0n) is 42.3. The van der Waals surface area contributed by atoms with Crippen LogP contribution in [0.25, 0.3) is 0 Å². The van der Waals surface area contributed by atoms with E-state index in [9.17, 15) is 14.4 Å². The highest BCUT2D eigenvalue weighted by atomic mass is 16.6. The van der Waals surface area contributed by atoms with E-state index in [1.807, 2.05) is 0 Å². The number of ether oxygens (including phenoxy) is 3. The zero-order chi connectivity index (χ0) is 45.2. The van der Waals surface area contributed by atoms with Crippen molar-refractivity contribution in [1.82, 2.24) is 0 Å². The average Bonchev–Trinajstić information content (AvgIpc) is 3.26. The van der Waals surface area contributed by atoms with Crippen molar-refractivity contribution in [2.75, 3.05) is 13.2 Å². The van der Waals surface area contributed by atoms with Gasteiger partial charge in [-0.1, -0.05) is 278 Å². The Morgan fingerprint density at radius 3 is 0.790 bits per heavy atom. The van der Waals surface area contributed by atoms with E-state index in [2.05, 4.69) is 27.7 Å². The van der Waals surface area contributed by atoms with E-state index < -0.39 is 6.10 Å². The van der Waals surface area contributed by atoms with Gasteiger partial charge in [-0.25, -0.2) is 0 Å². The predicted octanol–water partition coefficient (Wildman–Crippen LogP) is 18.2. The fraction of sp³-hybridized carbons (Fsp3) is 0.946. The topological polar surface area (TPSA) is 78.9 Å². The fourth-order valence-corrected chi connectivity index (χ4v) is 8.57. The molecule has 0 N–H and O–H groups in total. The molecule has 0 aromatic carbocycles. The maximum Gasteiger partial charge on any atom is 0.306 e. The lowest BCUT2D eigenvalue weighted by Crippen LogP contribution is -2.30. The second kappa shape index (κ2) is 50.4. The van der Waals surface area contributed by atoms with Crippen LogP contribution in [0, 0.1) is 5.92 Å². The number of unbranched alkanes of at least 4 members (excludes halogenated alkanes) is 38. The molecule has 0 heterocycles. The van der Waals surface area contributed by atoms with Crippen LogP contribution in [0.3, 0.4) is 0 Å². The summed E-state index contributed by atoms with van der Waals surface area (Å²) in [4.78, 5) is 38.0. The van der Waals surface area contributed by atoms with Gasteiger partial charge in [0.1, 0.15) is 13.2 Å². The van der Waals surface area contributed by atoms with Gasteiger partial charge in [-0.05, 0) is 25.2 Å². The Hall–Kier alpha value is -1.59. The van der Waals surface area contributed by atoms with Gasteiger partial charge in [0.2, 0.25) is 0 Å². The van der Waals surface area contributed by atoms with Gasteiger partial charge >= 0.3 is 17.9 Å². The Kier molecular flexibility index (Phi) is 49.1. The molecule has 0 saturated heterocycles. The molecule has 0 unspecified atom stereocenters. The quantitative estimate of drug-likeness (QED) is 0.0344. The van der Waals surface area contributed by atoms with Crippen LogP contribution in [0.15, 0.2) is 0 Å². The fourth-order valence-electron chi connectivity index (χ4n) is 8.57. The molecule has 62 heavy (non-hydrogen) atoms. The van der Waals surface area contributed by atoms with Crippen molar-refractivity contribution in [3.8, 4) is 0 Å². The minimum atomic E-state index is -0.761. The van der Waals surface area contributed by atoms with Gasteiger partial charge in [-0.2, -0.15) is 0 Å². The van der Waals surface area contributed by atoms with E-state index in [4.69, 9.17) is 14.2 Å². The molecule has 0 spiro atoms. The molecule has 0 aromatic rings. The van der Waals surface area contributed by atoms with Gasteiger partial charge in [0.05, 0.1) is 0 Å². The highest BCUT2D eigenvalue weighted by Crippen LogP contribution is 2.18. The van der Waals surface area contributed by atoms with Crippen LogP contribution in [-0.4, -0.2) is 37.2 Å². The van der Waals surface area contributed by atoms with Gasteiger partial charge in [-0.3, -0.25) is 14.4 Å². The smallest absolute Gasteiger partial charge is 0.306 e. The van der Waals surface area contributed by atoms with Crippen molar-refractivity contribution < 1.29 is 28.6 Å². The Labute approximate surface area is 387 Å². The van der Waals surface area contributed by atoms with E-state index in [0.29, 0.717) is 19.3 Å². The maximum absolute atomic E-state index is 12.8. The third kappa shape index (κ3) is 49.4. The Morgan fingerprint density at radius 1 is 0.306 bits per heavy atom. The lowest BCUT2D eigenvalue weighted by Gasteiger charge is -2.18. The normalized spacial score (nSPS) is 12.0. The lowest BCUT2D eigenvalue weighted by atomic mass is 10.0. The number of carbonyl (C=O) groups is 3. The van der Waals surface area contributed by atoms with Crippen LogP contribution >= 0.6 is 0 Å². The average molecular weight is 877 g/mol. The molecule has 0 aliphatic heterocycles. The molecule has 0 aliphatic carbocycles. The van der Waals surface area contributed by atoms with Crippen molar-refractivity contribution in [3.63, 3.8) is 0 Å². The Bertz CT molecular complexity index is 933. The number of esters is 3. The minimum Gasteiger partial charge on any atom is -0.462 e. The second-order valence-electron chi connectivity index (χ2n) is 19.7. The molecule has 0 rings (SSSR count). The first kappa shape index (κ1) is 60.4. The first-order chi connectivity index (χ1) is 30.4. The molecule has 1 atom stereocenters. The van der Waals surface area contributed by atoms with Crippen LogP contribution < -0.4 is 0 Å². The predicted molar refractivity (Wildman–Crippen MR) is 266 cm³/mol. The van der Waals surface area contributed by atoms with E-state index in [1.54, 1.807) is 0 Å². The summed E-state index contributed by atoms with van der Waals surface area (Å²) in [6, 6.07) is 0. The van der Waals surface area contributed by atoms with Crippen LogP contribution in [0.2, 0.25) is 0 Å². The summed E-state index contributed by atoms with van der Waals surface area (Å²) in [6.07, 6.45) is 53.7. The van der Waals surface area contributed by atoms with Crippen LogP contribution in [-0.2, 0) is 28.6 Å². The molecule has 0 amide bonds. The first-order valence-electron chi connectivity index (χ1n) is 27.9. The Balaban J connectivity index is 4.29. The molecule has 0 radical (unpaired) electrons. The van der Waals surface area contributed by atoms with Crippen LogP contribution in [0.1, 0.15) is 317 Å². The van der Waals surface area contributed by atoms with E-state index in [-0.39, 0.29) is 31.1 Å². The van der Waals surface area contributed by atoms with Gasteiger partial charge in [0.15, 0.2) is 6.10 Å². The maximum atomic E-state index is 12.8. The molecular formula is C56H108O6. The molecule has 6 nitrogen and oxygen atoms in total. The third-order valence-electron chi connectivity index (χ3n) is 12.8. The molecule has 0 fully saturated rings. The molecular weight excluding hydrogens is 769 g/mol. The van der Waals surface area contributed by atoms with Crippen molar-refractivity contribution in [2.45, 2.75) is 323 Å². The van der Waals surface area contributed by atoms with Gasteiger partial charge in [-0.15, -0.1) is 0 Å².